The standard InChI is InChI=1S/C16H27NO2/c1-13(2)7-6-10-19-12-15(18)11-17-16-9-5-4-8-14(16)3/h4-5,8-9,13,15,17-18H,6-7,10-12H2,1-3H3. The maximum Gasteiger partial charge on any atom is 0.0945 e. The highest BCUT2D eigenvalue weighted by Crippen LogP contribution is 2.12. The Hall–Kier alpha value is -1.06. The van der Waals surface area contributed by atoms with Gasteiger partial charge in [0.25, 0.3) is 0 Å². The molecule has 2 N–H and O–H groups in total. The van der Waals surface area contributed by atoms with Crippen LogP contribution in [-0.4, -0.2) is 31.0 Å². The molecule has 3 nitrogen and oxygen atoms in total. The van der Waals surface area contributed by atoms with Crippen molar-refractivity contribution in [2.75, 3.05) is 25.1 Å². The Kier molecular flexibility index (Phi) is 7.53. The molecule has 19 heavy (non-hydrogen) atoms. The van der Waals surface area contributed by atoms with E-state index < -0.39 is 6.10 Å². The van der Waals surface area contributed by atoms with Crippen molar-refractivity contribution >= 4 is 5.69 Å². The van der Waals surface area contributed by atoms with Gasteiger partial charge in [0.05, 0.1) is 12.7 Å². The first-order chi connectivity index (χ1) is 9.09. The largest absolute Gasteiger partial charge is 0.389 e. The fourth-order valence-electron chi connectivity index (χ4n) is 1.87. The zero-order valence-electron chi connectivity index (χ0n) is 12.4. The van der Waals surface area contributed by atoms with Crippen molar-refractivity contribution in [3.8, 4) is 0 Å². The number of aliphatic hydroxyl groups is 1. The minimum absolute atomic E-state index is 0.400. The Bertz CT molecular complexity index is 352. The van der Waals surface area contributed by atoms with Gasteiger partial charge in [0.2, 0.25) is 0 Å². The lowest BCUT2D eigenvalue weighted by Gasteiger charge is -2.14. The number of rotatable bonds is 9. The molecular weight excluding hydrogens is 238 g/mol. The van der Waals surface area contributed by atoms with Gasteiger partial charge in [-0.2, -0.15) is 0 Å². The Labute approximate surface area is 117 Å². The molecule has 0 fully saturated rings. The second-order valence-corrected chi connectivity index (χ2v) is 5.46. The lowest BCUT2D eigenvalue weighted by atomic mass is 10.1. The van der Waals surface area contributed by atoms with Crippen LogP contribution in [0.4, 0.5) is 5.69 Å². The van der Waals surface area contributed by atoms with Gasteiger partial charge >= 0.3 is 0 Å². The average molecular weight is 265 g/mol. The molecule has 0 radical (unpaired) electrons. The Balaban J connectivity index is 2.11. The van der Waals surface area contributed by atoms with Crippen LogP contribution in [0.2, 0.25) is 0 Å². The zero-order valence-corrected chi connectivity index (χ0v) is 12.4. The molecule has 0 bridgehead atoms. The smallest absolute Gasteiger partial charge is 0.0945 e. The predicted octanol–water partition coefficient (Wildman–Crippen LogP) is 3.22. The molecule has 1 rings (SSSR count). The third-order valence-corrected chi connectivity index (χ3v) is 3.05. The van der Waals surface area contributed by atoms with Gasteiger partial charge in [0.15, 0.2) is 0 Å². The molecule has 0 amide bonds. The van der Waals surface area contributed by atoms with Crippen molar-refractivity contribution in [1.29, 1.82) is 0 Å². The molecule has 108 valence electrons. The van der Waals surface area contributed by atoms with E-state index in [0.29, 0.717) is 13.2 Å². The minimum atomic E-state index is -0.460. The number of benzene rings is 1. The molecule has 1 aromatic rings. The SMILES string of the molecule is Cc1ccccc1NCC(O)COCCCC(C)C. The normalized spacial score (nSPS) is 12.7. The van der Waals surface area contributed by atoms with Crippen molar-refractivity contribution in [1.82, 2.24) is 0 Å². The molecule has 0 aromatic heterocycles. The van der Waals surface area contributed by atoms with Gasteiger partial charge in [0, 0.05) is 18.8 Å². The van der Waals surface area contributed by atoms with Crippen molar-refractivity contribution in [2.45, 2.75) is 39.7 Å². The van der Waals surface area contributed by atoms with E-state index in [1.165, 1.54) is 12.0 Å². The summed E-state index contributed by atoms with van der Waals surface area (Å²) in [5.74, 6) is 0.719. The second-order valence-electron chi connectivity index (χ2n) is 5.46. The van der Waals surface area contributed by atoms with Crippen LogP contribution in [0, 0.1) is 12.8 Å². The lowest BCUT2D eigenvalue weighted by Crippen LogP contribution is -2.25. The van der Waals surface area contributed by atoms with Gasteiger partial charge in [-0.3, -0.25) is 0 Å². The summed E-state index contributed by atoms with van der Waals surface area (Å²) >= 11 is 0. The molecule has 1 unspecified atom stereocenters. The van der Waals surface area contributed by atoms with Crippen LogP contribution < -0.4 is 5.32 Å². The number of anilines is 1. The van der Waals surface area contributed by atoms with E-state index in [-0.39, 0.29) is 0 Å². The summed E-state index contributed by atoms with van der Waals surface area (Å²) in [4.78, 5) is 0. The number of hydrogen-bond acceptors (Lipinski definition) is 3. The maximum absolute atomic E-state index is 9.82. The minimum Gasteiger partial charge on any atom is -0.389 e. The highest BCUT2D eigenvalue weighted by Gasteiger charge is 2.05. The van der Waals surface area contributed by atoms with Crippen molar-refractivity contribution in [3.63, 3.8) is 0 Å². The van der Waals surface area contributed by atoms with Gasteiger partial charge in [-0.25, -0.2) is 0 Å². The average Bonchev–Trinajstić information content (AvgIpc) is 2.37. The molecule has 0 saturated carbocycles. The van der Waals surface area contributed by atoms with Gasteiger partial charge in [0.1, 0.15) is 0 Å². The third-order valence-electron chi connectivity index (χ3n) is 3.05. The summed E-state index contributed by atoms with van der Waals surface area (Å²) < 4.78 is 5.47. The van der Waals surface area contributed by atoms with Crippen LogP contribution in [0.15, 0.2) is 24.3 Å². The van der Waals surface area contributed by atoms with Crippen molar-refractivity contribution in [2.24, 2.45) is 5.92 Å². The summed E-state index contributed by atoms with van der Waals surface area (Å²) in [6.45, 7) is 8.13. The molecule has 0 saturated heterocycles. The van der Waals surface area contributed by atoms with E-state index >= 15 is 0 Å². The van der Waals surface area contributed by atoms with Crippen LogP contribution in [-0.2, 0) is 4.74 Å². The fraction of sp³-hybridized carbons (Fsp3) is 0.625. The summed E-state index contributed by atoms with van der Waals surface area (Å²) in [5.41, 5.74) is 2.26. The van der Waals surface area contributed by atoms with E-state index in [1.807, 2.05) is 18.2 Å². The number of hydrogen-bond donors (Lipinski definition) is 2. The summed E-state index contributed by atoms with van der Waals surface area (Å²) in [5, 5.41) is 13.1. The number of aryl methyl sites for hydroxylation is 1. The molecule has 0 heterocycles. The van der Waals surface area contributed by atoms with Crippen LogP contribution in [0.25, 0.3) is 0 Å². The highest BCUT2D eigenvalue weighted by atomic mass is 16.5. The van der Waals surface area contributed by atoms with Crippen LogP contribution in [0.1, 0.15) is 32.3 Å². The predicted molar refractivity (Wildman–Crippen MR) is 80.6 cm³/mol. The van der Waals surface area contributed by atoms with E-state index in [0.717, 1.165) is 24.6 Å². The second kappa shape index (κ2) is 8.94. The van der Waals surface area contributed by atoms with E-state index in [9.17, 15) is 5.11 Å². The van der Waals surface area contributed by atoms with E-state index in [4.69, 9.17) is 4.74 Å². The van der Waals surface area contributed by atoms with Crippen molar-refractivity contribution in [3.05, 3.63) is 29.8 Å². The number of para-hydroxylation sites is 1. The Morgan fingerprint density at radius 3 is 2.68 bits per heavy atom. The van der Waals surface area contributed by atoms with Crippen LogP contribution in [0.5, 0.6) is 0 Å². The number of nitrogens with one attached hydrogen (secondary N) is 1. The first-order valence-electron chi connectivity index (χ1n) is 7.15. The van der Waals surface area contributed by atoms with Crippen molar-refractivity contribution < 1.29 is 9.84 Å². The first kappa shape index (κ1) is 16.0. The Morgan fingerprint density at radius 1 is 1.26 bits per heavy atom. The van der Waals surface area contributed by atoms with Crippen LogP contribution in [0.3, 0.4) is 0 Å². The Morgan fingerprint density at radius 2 is 2.00 bits per heavy atom. The lowest BCUT2D eigenvalue weighted by molar-refractivity contribution is 0.0409. The molecule has 0 spiro atoms. The number of aliphatic hydroxyl groups excluding tert-OH is 1. The van der Waals surface area contributed by atoms with E-state index in [2.05, 4.69) is 32.2 Å². The van der Waals surface area contributed by atoms with Crippen LogP contribution >= 0.6 is 0 Å². The quantitative estimate of drug-likeness (QED) is 0.674. The molecule has 1 aromatic carbocycles. The van der Waals surface area contributed by atoms with Gasteiger partial charge in [-0.15, -0.1) is 0 Å². The van der Waals surface area contributed by atoms with Gasteiger partial charge < -0.3 is 15.2 Å². The first-order valence-corrected chi connectivity index (χ1v) is 7.15. The number of ether oxygens (including phenoxy) is 1. The van der Waals surface area contributed by atoms with Gasteiger partial charge in [-0.05, 0) is 37.3 Å². The maximum atomic E-state index is 9.82. The highest BCUT2D eigenvalue weighted by molar-refractivity contribution is 5.50. The summed E-state index contributed by atoms with van der Waals surface area (Å²) in [7, 11) is 0. The molecule has 3 heteroatoms. The fourth-order valence-corrected chi connectivity index (χ4v) is 1.87. The van der Waals surface area contributed by atoms with E-state index in [1.54, 1.807) is 0 Å². The summed E-state index contributed by atoms with van der Waals surface area (Å²) in [6.07, 6.45) is 1.78. The zero-order chi connectivity index (χ0) is 14.1. The molecular formula is C16H27NO2. The molecule has 0 aliphatic heterocycles. The summed E-state index contributed by atoms with van der Waals surface area (Å²) in [6, 6.07) is 8.07. The van der Waals surface area contributed by atoms with Gasteiger partial charge in [-0.1, -0.05) is 32.0 Å². The monoisotopic (exact) mass is 265 g/mol. The molecule has 1 atom stereocenters. The topological polar surface area (TPSA) is 41.5 Å². The molecule has 0 aliphatic carbocycles. The molecule has 0 aliphatic rings. The third kappa shape index (κ3) is 7.19.